The Labute approximate surface area is 357 Å². The second kappa shape index (κ2) is 16.8. The molecule has 3 aromatic rings. The number of rotatable bonds is 10. The van der Waals surface area contributed by atoms with Crippen molar-refractivity contribution < 1.29 is 97.3 Å². The van der Waals surface area contributed by atoms with Crippen LogP contribution in [0.3, 0.4) is 0 Å². The predicted octanol–water partition coefficient (Wildman–Crippen LogP) is -5.12. The van der Waals surface area contributed by atoms with Crippen molar-refractivity contribution in [3.8, 4) is 0 Å². The van der Waals surface area contributed by atoms with E-state index >= 15 is 8.78 Å². The molecule has 1 unspecified atom stereocenters. The van der Waals surface area contributed by atoms with Crippen LogP contribution in [-0.4, -0.2) is 79.6 Å². The zero-order valence-electron chi connectivity index (χ0n) is 27.9. The number of amides is 2. The fourth-order valence-corrected chi connectivity index (χ4v) is 9.84. The van der Waals surface area contributed by atoms with Gasteiger partial charge in [0.2, 0.25) is 5.91 Å². The molecule has 52 heavy (non-hydrogen) atoms. The molecular formula is C32H27F2N5Na2O7S4. The number of thioether (sulfide) groups is 2. The summed E-state index contributed by atoms with van der Waals surface area (Å²) >= 11 is 9.42. The molecule has 1 aliphatic carbocycles. The normalized spacial score (nSPS) is 20.8. The molecule has 0 spiro atoms. The van der Waals surface area contributed by atoms with Crippen LogP contribution in [0.5, 0.6) is 0 Å². The van der Waals surface area contributed by atoms with E-state index in [2.05, 4.69) is 10.6 Å². The molecule has 4 aliphatic rings. The number of aromatic carboxylic acids is 1. The van der Waals surface area contributed by atoms with Crippen LogP contribution in [-0.2, 0) is 20.8 Å². The van der Waals surface area contributed by atoms with E-state index in [1.807, 2.05) is 17.5 Å². The minimum atomic E-state index is -1.72. The number of aliphatic carboxylic acids is 1. The third kappa shape index (κ3) is 8.02. The molecule has 2 saturated heterocycles. The number of nitrogens with zero attached hydrogens (tertiary/aromatic N) is 3. The Bertz CT molecular complexity index is 2060. The van der Waals surface area contributed by atoms with Crippen molar-refractivity contribution in [2.75, 3.05) is 29.5 Å². The second-order valence-electron chi connectivity index (χ2n) is 12.3. The summed E-state index contributed by atoms with van der Waals surface area (Å²) in [5.74, 6) is -5.61. The number of carbonyl (C=O) groups excluding carboxylic acids is 4. The van der Waals surface area contributed by atoms with Gasteiger partial charge < -0.3 is 39.9 Å². The first-order valence-electron chi connectivity index (χ1n) is 15.6. The van der Waals surface area contributed by atoms with E-state index < -0.39 is 51.9 Å². The number of thiocarbonyl (C=S) groups is 1. The van der Waals surface area contributed by atoms with Gasteiger partial charge in [-0.1, -0.05) is 30.0 Å². The van der Waals surface area contributed by atoms with E-state index in [4.69, 9.17) is 12.2 Å². The molecule has 5 heterocycles. The molecule has 1 saturated carbocycles. The third-order valence-electron chi connectivity index (χ3n) is 9.02. The number of carboxylic acid groups (broad SMARTS) is 2. The Morgan fingerprint density at radius 2 is 1.83 bits per heavy atom. The molecule has 2 aromatic heterocycles. The van der Waals surface area contributed by atoms with Crippen molar-refractivity contribution in [1.29, 1.82) is 0 Å². The van der Waals surface area contributed by atoms with Crippen LogP contribution in [0.1, 0.15) is 40.5 Å². The first-order valence-corrected chi connectivity index (χ1v) is 18.9. The van der Waals surface area contributed by atoms with Crippen molar-refractivity contribution in [2.24, 2.45) is 0 Å². The van der Waals surface area contributed by atoms with Crippen LogP contribution < -0.4 is 90.3 Å². The van der Waals surface area contributed by atoms with Crippen molar-refractivity contribution in [2.45, 2.75) is 49.2 Å². The number of nitrogens with one attached hydrogen (secondary N) is 2. The van der Waals surface area contributed by atoms with Crippen LogP contribution in [0.15, 0.2) is 45.8 Å². The quantitative estimate of drug-likeness (QED) is 0.114. The number of hydrogen-bond donors (Lipinski definition) is 2. The largest absolute Gasteiger partial charge is 1.00 e. The zero-order valence-corrected chi connectivity index (χ0v) is 35.2. The number of carbonyl (C=O) groups is 4. The molecule has 2 amide bonds. The summed E-state index contributed by atoms with van der Waals surface area (Å²) in [4.78, 5) is 65.4. The number of benzene rings is 1. The summed E-state index contributed by atoms with van der Waals surface area (Å²) in [5, 5.41) is 30.5. The fraction of sp³-hybridized carbons (Fsp3) is 0.375. The molecule has 3 atom stereocenters. The average Bonchev–Trinajstić information content (AvgIpc) is 3.60. The van der Waals surface area contributed by atoms with Crippen LogP contribution in [0.25, 0.3) is 10.9 Å². The fourth-order valence-electron chi connectivity index (χ4n) is 6.53. The van der Waals surface area contributed by atoms with Crippen molar-refractivity contribution in [3.05, 3.63) is 73.3 Å². The first-order chi connectivity index (χ1) is 23.9. The van der Waals surface area contributed by atoms with Crippen LogP contribution >= 0.6 is 47.1 Å². The Morgan fingerprint density at radius 3 is 2.48 bits per heavy atom. The van der Waals surface area contributed by atoms with E-state index in [-0.39, 0.29) is 130 Å². The summed E-state index contributed by atoms with van der Waals surface area (Å²) in [7, 11) is 0. The standard InChI is InChI=1S/C32H29F2N5O7S4.2Na/c33-20-9-18-25(38(16-3-4-16)11-19(27(18)41)30(43)44)22(34)26(20)37-6-5-15(10-37)35-32(47)50-13-14-12-49-29-23(28(42)39(29)24(14)31(45)46)36-21(40)8-17-2-1-7-48-17;;/h1-2,7,9,11,15-16,23,29H,3-6,8,10,12-13H2,(H,35,47)(H,36,40)(H,43,44)(H,45,46);;/q;2*+1/p-2/t15?,23-,29-;;/m1../s1. The minimum absolute atomic E-state index is 0. The second-order valence-corrected chi connectivity index (χ2v) is 16.1. The van der Waals surface area contributed by atoms with E-state index in [9.17, 15) is 34.2 Å². The monoisotopic (exact) mass is 805 g/mol. The maximum atomic E-state index is 16.1. The zero-order chi connectivity index (χ0) is 35.4. The van der Waals surface area contributed by atoms with E-state index in [1.165, 1.54) is 32.6 Å². The molecular weight excluding hydrogens is 779 g/mol. The van der Waals surface area contributed by atoms with E-state index in [0.29, 0.717) is 29.2 Å². The van der Waals surface area contributed by atoms with Gasteiger partial charge in [0.25, 0.3) is 5.91 Å². The molecule has 3 aliphatic heterocycles. The van der Waals surface area contributed by atoms with Gasteiger partial charge in [0.1, 0.15) is 27.2 Å². The minimum Gasteiger partial charge on any atom is -0.545 e. The number of β-lactam (4-membered cyclic amide) rings is 1. The van der Waals surface area contributed by atoms with Gasteiger partial charge in [-0.05, 0) is 42.3 Å². The van der Waals surface area contributed by atoms with E-state index in [0.717, 1.165) is 33.8 Å². The summed E-state index contributed by atoms with van der Waals surface area (Å²) in [6.07, 6.45) is 2.97. The Morgan fingerprint density at radius 1 is 1.08 bits per heavy atom. The Kier molecular flexibility index (Phi) is 13.3. The number of anilines is 1. The molecule has 262 valence electrons. The number of fused-ring (bicyclic) bond motifs is 2. The smallest absolute Gasteiger partial charge is 0.545 e. The predicted molar refractivity (Wildman–Crippen MR) is 185 cm³/mol. The van der Waals surface area contributed by atoms with Crippen LogP contribution in [0.4, 0.5) is 14.5 Å². The van der Waals surface area contributed by atoms with Gasteiger partial charge in [0.05, 0.1) is 40.5 Å². The summed E-state index contributed by atoms with van der Waals surface area (Å²) in [6, 6.07) is 3.14. The van der Waals surface area contributed by atoms with Gasteiger partial charge in [-0.3, -0.25) is 19.3 Å². The van der Waals surface area contributed by atoms with Gasteiger partial charge in [-0.25, -0.2) is 8.78 Å². The molecule has 0 radical (unpaired) electrons. The SMILES string of the molecule is O=C(Cc1cccs1)N[C@@H]1C(=O)N2C(C(=O)[O-])=C(CSC(=S)NC3CCN(c4c(F)cc5c(=O)c(C(=O)[O-])cn(C6CC6)c5c4F)C3)CS[C@H]12.[Na+].[Na+]. The molecule has 20 heteroatoms. The first kappa shape index (κ1) is 41.2. The molecule has 3 fully saturated rings. The van der Waals surface area contributed by atoms with Gasteiger partial charge in [0, 0.05) is 47.8 Å². The molecule has 1 aromatic carbocycles. The van der Waals surface area contributed by atoms with Gasteiger partial charge in [0.15, 0.2) is 11.2 Å². The Hall–Kier alpha value is -2.00. The molecule has 7 rings (SSSR count). The number of thiophene rings is 1. The number of carboxylic acids is 2. The van der Waals surface area contributed by atoms with Crippen molar-refractivity contribution in [1.82, 2.24) is 20.1 Å². The summed E-state index contributed by atoms with van der Waals surface area (Å²) in [6.45, 7) is 0.423. The number of hydrogen-bond acceptors (Lipinski definition) is 12. The number of pyridine rings is 1. The maximum absolute atomic E-state index is 16.1. The van der Waals surface area contributed by atoms with Gasteiger partial charge in [-0.2, -0.15) is 0 Å². The number of aromatic nitrogens is 1. The molecule has 0 bridgehead atoms. The van der Waals surface area contributed by atoms with Gasteiger partial charge in [-0.15, -0.1) is 23.1 Å². The molecule has 12 nitrogen and oxygen atoms in total. The maximum Gasteiger partial charge on any atom is 1.00 e. The van der Waals surface area contributed by atoms with Crippen LogP contribution in [0, 0.1) is 11.6 Å². The molecule has 2 N–H and O–H groups in total. The topological polar surface area (TPSA) is 167 Å². The summed E-state index contributed by atoms with van der Waals surface area (Å²) in [5.41, 5.74) is -1.94. The van der Waals surface area contributed by atoms with Gasteiger partial charge >= 0.3 is 59.1 Å². The third-order valence-corrected chi connectivity index (χ3v) is 12.6. The number of halogens is 2. The Balaban J connectivity index is 0.00000261. The van der Waals surface area contributed by atoms with Crippen LogP contribution in [0.2, 0.25) is 0 Å². The summed E-state index contributed by atoms with van der Waals surface area (Å²) < 4.78 is 33.2. The van der Waals surface area contributed by atoms with E-state index in [1.54, 1.807) is 0 Å². The average molecular weight is 806 g/mol. The van der Waals surface area contributed by atoms with Crippen molar-refractivity contribution in [3.63, 3.8) is 0 Å². The van der Waals surface area contributed by atoms with Crippen molar-refractivity contribution >= 4 is 91.7 Å².